The minimum Gasteiger partial charge on any atom is -0.387 e. The molecule has 0 spiro atoms. The highest BCUT2D eigenvalue weighted by Crippen LogP contribution is 2.54. The Bertz CT molecular complexity index is 559. The predicted molar refractivity (Wildman–Crippen MR) is 69.6 cm³/mol. The zero-order valence-electron chi connectivity index (χ0n) is 10.1. The summed E-state index contributed by atoms with van der Waals surface area (Å²) in [7, 11) is 0. The zero-order chi connectivity index (χ0) is 13.6. The number of benzene rings is 1. The maximum absolute atomic E-state index is 13.1. The van der Waals surface area contributed by atoms with Crippen LogP contribution in [0.2, 0.25) is 0 Å². The number of fused-ring (bicyclic) bond motifs is 2. The van der Waals surface area contributed by atoms with E-state index in [-0.39, 0.29) is 18.0 Å². The van der Waals surface area contributed by atoms with Crippen LogP contribution in [0.25, 0.3) is 0 Å². The molecule has 3 rings (SSSR count). The van der Waals surface area contributed by atoms with Crippen molar-refractivity contribution in [1.82, 2.24) is 0 Å². The lowest BCUT2D eigenvalue weighted by atomic mass is 9.69. The molecule has 100 valence electrons. The van der Waals surface area contributed by atoms with Gasteiger partial charge in [-0.2, -0.15) is 5.26 Å². The third-order valence-electron chi connectivity index (χ3n) is 4.20. The third kappa shape index (κ3) is 1.90. The molecule has 0 aromatic heterocycles. The summed E-state index contributed by atoms with van der Waals surface area (Å²) in [6, 6.07) is 6.38. The van der Waals surface area contributed by atoms with Gasteiger partial charge in [-0.15, -0.1) is 0 Å². The number of aliphatic hydroxyl groups is 1. The maximum atomic E-state index is 13.1. The van der Waals surface area contributed by atoms with Crippen LogP contribution in [0.3, 0.4) is 0 Å². The van der Waals surface area contributed by atoms with Gasteiger partial charge in [0.1, 0.15) is 17.3 Å². The first-order chi connectivity index (χ1) is 9.06. The fraction of sp³-hybridized carbons (Fsp3) is 0.500. The lowest BCUT2D eigenvalue weighted by Crippen LogP contribution is -2.37. The number of aliphatic hydroxyl groups excluding tert-OH is 1. The molecule has 2 aliphatic heterocycles. The Balaban J connectivity index is 1.99. The van der Waals surface area contributed by atoms with Crippen molar-refractivity contribution in [2.45, 2.75) is 37.6 Å². The second-order valence-corrected chi connectivity index (χ2v) is 6.10. The van der Waals surface area contributed by atoms with E-state index in [9.17, 15) is 14.8 Å². The van der Waals surface area contributed by atoms with Crippen LogP contribution in [-0.4, -0.2) is 17.3 Å². The van der Waals surface area contributed by atoms with E-state index < -0.39 is 11.5 Å². The molecule has 1 aromatic carbocycles. The number of halogens is 2. The number of nitriles is 1. The van der Waals surface area contributed by atoms with E-state index in [1.165, 1.54) is 18.2 Å². The quantitative estimate of drug-likeness (QED) is 0.909. The number of rotatable bonds is 2. The molecule has 1 N–H and O–H groups in total. The molecule has 2 saturated heterocycles. The monoisotopic (exact) mass is 325 g/mol. The minimum atomic E-state index is -0.970. The molecule has 2 aliphatic rings. The fourth-order valence-corrected chi connectivity index (χ4v) is 3.78. The van der Waals surface area contributed by atoms with E-state index in [4.69, 9.17) is 4.74 Å². The van der Waals surface area contributed by atoms with Gasteiger partial charge in [0, 0.05) is 4.47 Å². The summed E-state index contributed by atoms with van der Waals surface area (Å²) in [6.45, 7) is 0. The van der Waals surface area contributed by atoms with Crippen LogP contribution >= 0.6 is 15.9 Å². The Morgan fingerprint density at radius 2 is 2.32 bits per heavy atom. The standard InChI is InChI=1S/C14H13BrFNO2/c15-11-5-8(16)1-3-10(11)13(18)14(7-17)6-9-2-4-12(14)19-9/h1,3,5,9,12-13,18H,2,4,6H2. The highest BCUT2D eigenvalue weighted by Gasteiger charge is 2.57. The van der Waals surface area contributed by atoms with E-state index in [1.807, 2.05) is 0 Å². The molecule has 4 atom stereocenters. The van der Waals surface area contributed by atoms with Gasteiger partial charge in [0.2, 0.25) is 0 Å². The first-order valence-corrected chi connectivity index (χ1v) is 7.06. The number of hydrogen-bond acceptors (Lipinski definition) is 3. The lowest BCUT2D eigenvalue weighted by molar-refractivity contribution is 0.00303. The molecule has 2 fully saturated rings. The van der Waals surface area contributed by atoms with Crippen LogP contribution in [0, 0.1) is 22.6 Å². The van der Waals surface area contributed by atoms with Crippen LogP contribution in [0.1, 0.15) is 30.9 Å². The first-order valence-electron chi connectivity index (χ1n) is 6.26. The van der Waals surface area contributed by atoms with Crippen LogP contribution in [0.5, 0.6) is 0 Å². The van der Waals surface area contributed by atoms with E-state index in [2.05, 4.69) is 22.0 Å². The molecule has 5 heteroatoms. The van der Waals surface area contributed by atoms with E-state index in [1.54, 1.807) is 0 Å². The van der Waals surface area contributed by atoms with Gasteiger partial charge in [-0.1, -0.05) is 22.0 Å². The maximum Gasteiger partial charge on any atom is 0.124 e. The van der Waals surface area contributed by atoms with Gasteiger partial charge in [0.05, 0.1) is 18.3 Å². The minimum absolute atomic E-state index is 0.0681. The highest BCUT2D eigenvalue weighted by molar-refractivity contribution is 9.10. The Morgan fingerprint density at radius 3 is 2.84 bits per heavy atom. The third-order valence-corrected chi connectivity index (χ3v) is 4.89. The van der Waals surface area contributed by atoms with E-state index in [0.717, 1.165) is 12.8 Å². The summed E-state index contributed by atoms with van der Waals surface area (Å²) in [6.07, 6.45) is 1.16. The van der Waals surface area contributed by atoms with Crippen molar-refractivity contribution >= 4 is 15.9 Å². The Kier molecular flexibility index (Phi) is 3.12. The van der Waals surface area contributed by atoms with Gasteiger partial charge >= 0.3 is 0 Å². The molecular weight excluding hydrogens is 313 g/mol. The molecule has 4 unspecified atom stereocenters. The summed E-state index contributed by atoms with van der Waals surface area (Å²) >= 11 is 3.25. The number of hydrogen-bond donors (Lipinski definition) is 1. The SMILES string of the molecule is N#CC1(C(O)c2ccc(F)cc2Br)CC2CCC1O2. The number of ether oxygens (including phenoxy) is 1. The largest absolute Gasteiger partial charge is 0.387 e. The molecule has 0 amide bonds. The normalized spacial score (nSPS) is 34.2. The lowest BCUT2D eigenvalue weighted by Gasteiger charge is -2.33. The van der Waals surface area contributed by atoms with Gasteiger partial charge in [0.25, 0.3) is 0 Å². The molecule has 0 aliphatic carbocycles. The fourth-order valence-electron chi connectivity index (χ4n) is 3.21. The van der Waals surface area contributed by atoms with Crippen LogP contribution in [-0.2, 0) is 4.74 Å². The molecule has 2 heterocycles. The molecule has 0 saturated carbocycles. The molecule has 0 radical (unpaired) electrons. The second kappa shape index (κ2) is 4.55. The summed E-state index contributed by atoms with van der Waals surface area (Å²) < 4.78 is 19.3. The average Bonchev–Trinajstić information content (AvgIpc) is 2.98. The van der Waals surface area contributed by atoms with E-state index >= 15 is 0 Å². The van der Waals surface area contributed by atoms with Gasteiger partial charge in [-0.3, -0.25) is 0 Å². The molecule has 2 bridgehead atoms. The van der Waals surface area contributed by atoms with Crippen molar-refractivity contribution < 1.29 is 14.2 Å². The van der Waals surface area contributed by atoms with Crippen LogP contribution in [0.4, 0.5) is 4.39 Å². The summed E-state index contributed by atoms with van der Waals surface area (Å²) in [5.41, 5.74) is -0.373. The Hall–Kier alpha value is -0.960. The van der Waals surface area contributed by atoms with E-state index in [0.29, 0.717) is 16.5 Å². The molecule has 19 heavy (non-hydrogen) atoms. The molecular formula is C14H13BrFNO2. The molecule has 1 aromatic rings. The van der Waals surface area contributed by atoms with Gasteiger partial charge in [0.15, 0.2) is 0 Å². The predicted octanol–water partition coefficient (Wildman–Crippen LogP) is 3.08. The van der Waals surface area contributed by atoms with Crippen molar-refractivity contribution in [2.24, 2.45) is 5.41 Å². The summed E-state index contributed by atoms with van der Waals surface area (Å²) in [5, 5.41) is 20.1. The van der Waals surface area contributed by atoms with Crippen LogP contribution in [0.15, 0.2) is 22.7 Å². The van der Waals surface area contributed by atoms with Crippen molar-refractivity contribution in [3.05, 3.63) is 34.1 Å². The first kappa shape index (κ1) is 13.0. The van der Waals surface area contributed by atoms with Gasteiger partial charge < -0.3 is 9.84 Å². The van der Waals surface area contributed by atoms with Crippen molar-refractivity contribution in [3.8, 4) is 6.07 Å². The van der Waals surface area contributed by atoms with Crippen LogP contribution < -0.4 is 0 Å². The summed E-state index contributed by atoms with van der Waals surface area (Å²) in [5.74, 6) is -0.377. The van der Waals surface area contributed by atoms with Crippen molar-refractivity contribution in [3.63, 3.8) is 0 Å². The van der Waals surface area contributed by atoms with Crippen molar-refractivity contribution in [1.29, 1.82) is 5.26 Å². The zero-order valence-corrected chi connectivity index (χ0v) is 11.7. The number of nitrogens with zero attached hydrogens (tertiary/aromatic N) is 1. The average molecular weight is 326 g/mol. The second-order valence-electron chi connectivity index (χ2n) is 5.25. The highest BCUT2D eigenvalue weighted by atomic mass is 79.9. The smallest absolute Gasteiger partial charge is 0.124 e. The van der Waals surface area contributed by atoms with Gasteiger partial charge in [-0.05, 0) is 37.0 Å². The Labute approximate surface area is 119 Å². The Morgan fingerprint density at radius 1 is 1.53 bits per heavy atom. The molecule has 3 nitrogen and oxygen atoms in total. The van der Waals surface area contributed by atoms with Gasteiger partial charge in [-0.25, -0.2) is 4.39 Å². The topological polar surface area (TPSA) is 53.2 Å². The van der Waals surface area contributed by atoms with Crippen molar-refractivity contribution in [2.75, 3.05) is 0 Å². The summed E-state index contributed by atoms with van der Waals surface area (Å²) in [4.78, 5) is 0.